The molecule has 0 aliphatic heterocycles. The Hall–Kier alpha value is -4.37. The average Bonchev–Trinajstić information content (AvgIpc) is 3.32. The Labute approximate surface area is 221 Å². The van der Waals surface area contributed by atoms with E-state index in [4.69, 9.17) is 18.6 Å². The van der Waals surface area contributed by atoms with Gasteiger partial charge in [0.1, 0.15) is 17.3 Å². The van der Waals surface area contributed by atoms with Gasteiger partial charge in [0.2, 0.25) is 15.7 Å². The molecule has 0 spiro atoms. The van der Waals surface area contributed by atoms with Crippen molar-refractivity contribution in [2.45, 2.75) is 25.3 Å². The Morgan fingerprint density at radius 3 is 2.32 bits per heavy atom. The highest BCUT2D eigenvalue weighted by molar-refractivity contribution is 8.00. The largest absolute Gasteiger partial charge is 0.493 e. The normalized spacial score (nSPS) is 11.7. The highest BCUT2D eigenvalue weighted by Crippen LogP contribution is 2.34. The number of carbonyl (C=O) groups excluding carboxylic acids is 1. The van der Waals surface area contributed by atoms with Gasteiger partial charge in [0.25, 0.3) is 0 Å². The van der Waals surface area contributed by atoms with Crippen molar-refractivity contribution < 1.29 is 31.8 Å². The lowest BCUT2D eigenvalue weighted by Gasteiger charge is -2.12. The molecule has 0 saturated heterocycles. The van der Waals surface area contributed by atoms with Crippen LogP contribution in [0, 0.1) is 6.92 Å². The number of benzene rings is 3. The van der Waals surface area contributed by atoms with Gasteiger partial charge in [-0.15, -0.1) is 0 Å². The van der Waals surface area contributed by atoms with Gasteiger partial charge in [-0.25, -0.2) is 18.2 Å². The molecule has 3 aromatic carbocycles. The number of hydrogen-bond donors (Lipinski definition) is 0. The second-order valence-corrected chi connectivity index (χ2v) is 10.1. The summed E-state index contributed by atoms with van der Waals surface area (Å²) in [4.78, 5) is 16.4. The Bertz CT molecular complexity index is 1540. The zero-order valence-electron chi connectivity index (χ0n) is 21.2. The fourth-order valence-corrected chi connectivity index (χ4v) is 5.03. The molecule has 196 valence electrons. The first-order valence-electron chi connectivity index (χ1n) is 11.8. The van der Waals surface area contributed by atoms with Crippen LogP contribution >= 0.6 is 0 Å². The summed E-state index contributed by atoms with van der Waals surface area (Å²) >= 11 is 0. The smallest absolute Gasteiger partial charge is 0.360 e. The number of hydrogen-bond acceptors (Lipinski definition) is 8. The van der Waals surface area contributed by atoms with E-state index in [1.165, 1.54) is 32.2 Å². The van der Waals surface area contributed by atoms with Crippen molar-refractivity contribution in [3.05, 3.63) is 107 Å². The molecule has 0 aliphatic carbocycles. The molecule has 1 aromatic heterocycles. The molecular weight excluding hydrogens is 506 g/mol. The molecule has 0 saturated carbocycles. The molecule has 0 radical (unpaired) electrons. The minimum atomic E-state index is -4.10. The number of aromatic nitrogens is 1. The highest BCUT2D eigenvalue weighted by Gasteiger charge is 2.29. The number of methoxy groups -OCH3 is 1. The lowest BCUT2D eigenvalue weighted by Crippen LogP contribution is -2.08. The number of esters is 1. The van der Waals surface area contributed by atoms with Crippen LogP contribution in [-0.2, 0) is 21.2 Å². The fraction of sp³-hybridized carbons (Fsp3) is 0.172. The number of nitrogens with zero attached hydrogens (tertiary/aromatic N) is 1. The average molecular weight is 534 g/mol. The van der Waals surface area contributed by atoms with Gasteiger partial charge in [-0.1, -0.05) is 54.6 Å². The maximum absolute atomic E-state index is 13.7. The third kappa shape index (κ3) is 5.95. The van der Waals surface area contributed by atoms with Crippen LogP contribution in [0.1, 0.15) is 40.2 Å². The minimum Gasteiger partial charge on any atom is -0.493 e. The predicted molar refractivity (Wildman–Crippen MR) is 142 cm³/mol. The van der Waals surface area contributed by atoms with Crippen LogP contribution in [0.15, 0.2) is 88.2 Å². The first-order valence-corrected chi connectivity index (χ1v) is 13.3. The third-order valence-corrected chi connectivity index (χ3v) is 7.31. The molecule has 0 unspecified atom stereocenters. The van der Waals surface area contributed by atoms with Gasteiger partial charge < -0.3 is 18.6 Å². The number of rotatable bonds is 10. The molecule has 0 fully saturated rings. The summed E-state index contributed by atoms with van der Waals surface area (Å²) in [5.41, 5.74) is 1.37. The number of ether oxygens (including phenoxy) is 3. The van der Waals surface area contributed by atoms with Crippen LogP contribution in [0.2, 0.25) is 0 Å². The Balaban J connectivity index is 1.80. The van der Waals surface area contributed by atoms with Gasteiger partial charge in [0.05, 0.1) is 18.6 Å². The lowest BCUT2D eigenvalue weighted by atomic mass is 10.2. The van der Waals surface area contributed by atoms with Gasteiger partial charge in [-0.3, -0.25) is 0 Å². The summed E-state index contributed by atoms with van der Waals surface area (Å²) in [6.45, 7) is 3.63. The molecule has 0 amide bonds. The fourth-order valence-electron chi connectivity index (χ4n) is 3.65. The van der Waals surface area contributed by atoms with E-state index < -0.39 is 15.8 Å². The standard InChI is InChI=1S/C29H27NO7S/c1-4-35-29(31)27-20(2)37-28(30-27)26(38(32,33)23-13-9-6-10-14-23)18-22-15-16-24(34-3)25(17-22)36-19-21-11-7-5-8-12-21/h5-18H,4,19H2,1-3H3/b26-18-. The van der Waals surface area contributed by atoms with Crippen molar-refractivity contribution in [2.75, 3.05) is 13.7 Å². The van der Waals surface area contributed by atoms with Crippen molar-refractivity contribution in [3.63, 3.8) is 0 Å². The molecule has 4 aromatic rings. The summed E-state index contributed by atoms with van der Waals surface area (Å²) in [7, 11) is -2.57. The molecule has 4 rings (SSSR count). The summed E-state index contributed by atoms with van der Waals surface area (Å²) in [5.74, 6) is 0.142. The summed E-state index contributed by atoms with van der Waals surface area (Å²) in [5, 5.41) is 0. The van der Waals surface area contributed by atoms with E-state index in [2.05, 4.69) is 4.98 Å². The topological polar surface area (TPSA) is 105 Å². The van der Waals surface area contributed by atoms with Crippen molar-refractivity contribution in [1.29, 1.82) is 0 Å². The quantitative estimate of drug-likeness (QED) is 0.238. The molecule has 0 N–H and O–H groups in total. The van der Waals surface area contributed by atoms with Crippen LogP contribution in [0.3, 0.4) is 0 Å². The maximum atomic E-state index is 13.7. The van der Waals surface area contributed by atoms with E-state index in [0.29, 0.717) is 23.7 Å². The Kier molecular flexibility index (Phi) is 8.28. The van der Waals surface area contributed by atoms with Gasteiger partial charge in [0, 0.05) is 0 Å². The highest BCUT2D eigenvalue weighted by atomic mass is 32.2. The molecule has 0 aliphatic rings. The van der Waals surface area contributed by atoms with Gasteiger partial charge in [-0.2, -0.15) is 0 Å². The predicted octanol–water partition coefficient (Wildman–Crippen LogP) is 5.72. The van der Waals surface area contributed by atoms with E-state index in [1.807, 2.05) is 30.3 Å². The first-order chi connectivity index (χ1) is 18.3. The van der Waals surface area contributed by atoms with E-state index in [-0.39, 0.29) is 33.8 Å². The molecule has 1 heterocycles. The molecule has 8 nitrogen and oxygen atoms in total. The van der Waals surface area contributed by atoms with Crippen LogP contribution < -0.4 is 9.47 Å². The van der Waals surface area contributed by atoms with E-state index in [0.717, 1.165) is 5.56 Å². The second kappa shape index (κ2) is 11.8. The molecule has 0 bridgehead atoms. The maximum Gasteiger partial charge on any atom is 0.360 e. The van der Waals surface area contributed by atoms with Crippen LogP contribution in [0.5, 0.6) is 11.5 Å². The van der Waals surface area contributed by atoms with Crippen molar-refractivity contribution in [3.8, 4) is 11.5 Å². The molecule has 0 atom stereocenters. The second-order valence-electron chi connectivity index (χ2n) is 8.15. The van der Waals surface area contributed by atoms with Gasteiger partial charge >= 0.3 is 5.97 Å². The van der Waals surface area contributed by atoms with Crippen molar-refractivity contribution in [1.82, 2.24) is 4.98 Å². The lowest BCUT2D eigenvalue weighted by molar-refractivity contribution is 0.0518. The minimum absolute atomic E-state index is 0.0499. The van der Waals surface area contributed by atoms with Crippen LogP contribution in [0.25, 0.3) is 11.0 Å². The monoisotopic (exact) mass is 533 g/mol. The summed E-state index contributed by atoms with van der Waals surface area (Å²) < 4.78 is 49.6. The van der Waals surface area contributed by atoms with Crippen molar-refractivity contribution in [2.24, 2.45) is 0 Å². The zero-order chi connectivity index (χ0) is 27.1. The zero-order valence-corrected chi connectivity index (χ0v) is 22.0. The van der Waals surface area contributed by atoms with Crippen LogP contribution in [-0.4, -0.2) is 33.1 Å². The Morgan fingerprint density at radius 2 is 1.66 bits per heavy atom. The van der Waals surface area contributed by atoms with Crippen molar-refractivity contribution >= 4 is 26.8 Å². The van der Waals surface area contributed by atoms with Gasteiger partial charge in [-0.05, 0) is 55.3 Å². The van der Waals surface area contributed by atoms with E-state index in [9.17, 15) is 13.2 Å². The molecular formula is C29H27NO7S. The van der Waals surface area contributed by atoms with E-state index >= 15 is 0 Å². The number of carbonyl (C=O) groups is 1. The summed E-state index contributed by atoms with van der Waals surface area (Å²) in [6, 6.07) is 22.6. The molecule has 9 heteroatoms. The van der Waals surface area contributed by atoms with E-state index in [1.54, 1.807) is 43.3 Å². The SMILES string of the molecule is CCOC(=O)c1nc(/C(=C/c2ccc(OC)c(OCc3ccccc3)c2)S(=O)(=O)c2ccccc2)oc1C. The summed E-state index contributed by atoms with van der Waals surface area (Å²) in [6.07, 6.45) is 1.43. The number of oxazole rings is 1. The third-order valence-electron chi connectivity index (χ3n) is 5.54. The number of sulfone groups is 1. The van der Waals surface area contributed by atoms with Gasteiger partial charge in [0.15, 0.2) is 17.2 Å². The van der Waals surface area contributed by atoms with Crippen LogP contribution in [0.4, 0.5) is 0 Å². The molecule has 38 heavy (non-hydrogen) atoms. The number of aryl methyl sites for hydroxylation is 1. The first kappa shape index (κ1) is 26.7. The Morgan fingerprint density at radius 1 is 0.974 bits per heavy atom.